The first-order chi connectivity index (χ1) is 13.4. The molecular formula is C19H16N2O7. The molecule has 0 aliphatic heterocycles. The standard InChI is InChI=1S/C19H16N2O7/c1-26-10-14-13-4-2-3-5-16(13)28-17(14)19(23)27-9-12-7-6-11(18(20)22)8-15(12)21(24)25/h2-8H,9-10H2,1H3,(H2,20,22). The number of para-hydroxylation sites is 1. The summed E-state index contributed by atoms with van der Waals surface area (Å²) in [6, 6.07) is 10.8. The van der Waals surface area contributed by atoms with Crippen LogP contribution >= 0.6 is 0 Å². The number of benzene rings is 2. The number of fused-ring (bicyclic) bond motifs is 1. The molecule has 0 saturated carbocycles. The second-order valence-electron chi connectivity index (χ2n) is 5.88. The van der Waals surface area contributed by atoms with Crippen LogP contribution in [0.1, 0.15) is 32.0 Å². The first kappa shape index (κ1) is 19.1. The molecule has 0 radical (unpaired) electrons. The van der Waals surface area contributed by atoms with Crippen molar-refractivity contribution in [1.82, 2.24) is 0 Å². The lowest BCUT2D eigenvalue weighted by Gasteiger charge is -2.06. The van der Waals surface area contributed by atoms with E-state index in [0.29, 0.717) is 16.5 Å². The van der Waals surface area contributed by atoms with E-state index in [1.807, 2.05) is 0 Å². The monoisotopic (exact) mass is 384 g/mol. The van der Waals surface area contributed by atoms with E-state index in [4.69, 9.17) is 19.6 Å². The van der Waals surface area contributed by atoms with Gasteiger partial charge in [-0.15, -0.1) is 0 Å². The third-order valence-electron chi connectivity index (χ3n) is 4.10. The van der Waals surface area contributed by atoms with Crippen LogP contribution in [0, 0.1) is 10.1 Å². The molecule has 0 unspecified atom stereocenters. The number of furan rings is 1. The number of methoxy groups -OCH3 is 1. The van der Waals surface area contributed by atoms with Gasteiger partial charge in [0.05, 0.1) is 17.1 Å². The Balaban J connectivity index is 1.87. The molecule has 0 bridgehead atoms. The van der Waals surface area contributed by atoms with Gasteiger partial charge in [0.2, 0.25) is 11.7 Å². The van der Waals surface area contributed by atoms with Gasteiger partial charge in [0, 0.05) is 29.7 Å². The molecular weight excluding hydrogens is 368 g/mol. The maximum Gasteiger partial charge on any atom is 0.375 e. The number of nitro benzene ring substituents is 1. The molecule has 1 heterocycles. The van der Waals surface area contributed by atoms with Crippen LogP contribution in [0.3, 0.4) is 0 Å². The van der Waals surface area contributed by atoms with Gasteiger partial charge in [-0.05, 0) is 18.2 Å². The van der Waals surface area contributed by atoms with E-state index in [1.165, 1.54) is 19.2 Å². The zero-order valence-electron chi connectivity index (χ0n) is 14.8. The number of amides is 1. The molecule has 0 saturated heterocycles. The smallest absolute Gasteiger partial charge is 0.375 e. The van der Waals surface area contributed by atoms with Crippen molar-refractivity contribution < 1.29 is 28.4 Å². The molecule has 144 valence electrons. The summed E-state index contributed by atoms with van der Waals surface area (Å²) in [6.45, 7) is -0.243. The van der Waals surface area contributed by atoms with E-state index < -0.39 is 16.8 Å². The number of carbonyl (C=O) groups is 2. The number of rotatable bonds is 7. The first-order valence-corrected chi connectivity index (χ1v) is 8.16. The molecule has 0 aliphatic carbocycles. The van der Waals surface area contributed by atoms with Crippen molar-refractivity contribution in [3.8, 4) is 0 Å². The van der Waals surface area contributed by atoms with Crippen LogP contribution in [0.2, 0.25) is 0 Å². The number of esters is 1. The summed E-state index contributed by atoms with van der Waals surface area (Å²) in [6.07, 6.45) is 0. The van der Waals surface area contributed by atoms with Crippen molar-refractivity contribution in [3.63, 3.8) is 0 Å². The zero-order valence-corrected chi connectivity index (χ0v) is 14.8. The average Bonchev–Trinajstić information content (AvgIpc) is 3.05. The van der Waals surface area contributed by atoms with E-state index >= 15 is 0 Å². The molecule has 1 aromatic heterocycles. The highest BCUT2D eigenvalue weighted by Crippen LogP contribution is 2.28. The molecule has 2 aromatic carbocycles. The van der Waals surface area contributed by atoms with Gasteiger partial charge in [-0.3, -0.25) is 14.9 Å². The maximum absolute atomic E-state index is 12.5. The number of hydrogen-bond donors (Lipinski definition) is 1. The molecule has 3 aromatic rings. The highest BCUT2D eigenvalue weighted by atomic mass is 16.6. The molecule has 9 heteroatoms. The van der Waals surface area contributed by atoms with Crippen LogP contribution in [0.15, 0.2) is 46.9 Å². The van der Waals surface area contributed by atoms with Gasteiger partial charge in [0.25, 0.3) is 5.69 Å². The Labute approximate surface area is 158 Å². The summed E-state index contributed by atoms with van der Waals surface area (Å²) >= 11 is 0. The average molecular weight is 384 g/mol. The third kappa shape index (κ3) is 3.69. The molecule has 0 fully saturated rings. The summed E-state index contributed by atoms with van der Waals surface area (Å²) in [5.74, 6) is -1.60. The number of hydrogen-bond acceptors (Lipinski definition) is 7. The van der Waals surface area contributed by atoms with Gasteiger partial charge >= 0.3 is 5.97 Å². The Bertz CT molecular complexity index is 1070. The van der Waals surface area contributed by atoms with Crippen molar-refractivity contribution in [2.75, 3.05) is 7.11 Å². The molecule has 0 atom stereocenters. The molecule has 9 nitrogen and oxygen atoms in total. The minimum Gasteiger partial charge on any atom is -0.455 e. The third-order valence-corrected chi connectivity index (χ3v) is 4.10. The maximum atomic E-state index is 12.5. The minimum absolute atomic E-state index is 0.0126. The van der Waals surface area contributed by atoms with Gasteiger partial charge in [-0.25, -0.2) is 4.79 Å². The van der Waals surface area contributed by atoms with Crippen LogP contribution in [0.25, 0.3) is 11.0 Å². The summed E-state index contributed by atoms with van der Waals surface area (Å²) in [5, 5.41) is 12.0. The van der Waals surface area contributed by atoms with E-state index in [1.54, 1.807) is 24.3 Å². The van der Waals surface area contributed by atoms with Crippen LogP contribution in [-0.2, 0) is 22.7 Å². The Morgan fingerprint density at radius 1 is 1.18 bits per heavy atom. The van der Waals surface area contributed by atoms with E-state index in [9.17, 15) is 19.7 Å². The first-order valence-electron chi connectivity index (χ1n) is 8.16. The number of carbonyl (C=O) groups excluding carboxylic acids is 2. The quantitative estimate of drug-likeness (QED) is 0.376. The fraction of sp³-hybridized carbons (Fsp3) is 0.158. The summed E-state index contributed by atoms with van der Waals surface area (Å²) in [7, 11) is 1.49. The normalized spacial score (nSPS) is 10.8. The summed E-state index contributed by atoms with van der Waals surface area (Å²) in [4.78, 5) is 34.3. The van der Waals surface area contributed by atoms with Crippen molar-refractivity contribution >= 4 is 28.5 Å². The Kier molecular flexibility index (Phi) is 5.37. The second-order valence-corrected chi connectivity index (χ2v) is 5.88. The van der Waals surface area contributed by atoms with Gasteiger partial charge < -0.3 is 19.6 Å². The largest absolute Gasteiger partial charge is 0.455 e. The number of primary amides is 1. The number of nitro groups is 1. The molecule has 0 spiro atoms. The number of nitrogens with zero attached hydrogens (tertiary/aromatic N) is 1. The lowest BCUT2D eigenvalue weighted by Crippen LogP contribution is -2.12. The Morgan fingerprint density at radius 3 is 2.61 bits per heavy atom. The fourth-order valence-corrected chi connectivity index (χ4v) is 2.77. The molecule has 28 heavy (non-hydrogen) atoms. The van der Waals surface area contributed by atoms with Gasteiger partial charge in [0.1, 0.15) is 12.2 Å². The summed E-state index contributed by atoms with van der Waals surface area (Å²) < 4.78 is 15.9. The minimum atomic E-state index is -0.793. The number of nitrogens with two attached hydrogens (primary N) is 1. The van der Waals surface area contributed by atoms with Crippen LogP contribution < -0.4 is 5.73 Å². The Morgan fingerprint density at radius 2 is 1.93 bits per heavy atom. The molecule has 3 rings (SSSR count). The van der Waals surface area contributed by atoms with Gasteiger partial charge in [-0.2, -0.15) is 0 Å². The second kappa shape index (κ2) is 7.89. The van der Waals surface area contributed by atoms with E-state index in [0.717, 1.165) is 6.07 Å². The van der Waals surface area contributed by atoms with E-state index in [2.05, 4.69) is 0 Å². The Hall–Kier alpha value is -3.72. The molecule has 1 amide bonds. The van der Waals surface area contributed by atoms with Gasteiger partial charge in [-0.1, -0.05) is 18.2 Å². The highest BCUT2D eigenvalue weighted by Gasteiger charge is 2.23. The van der Waals surface area contributed by atoms with Crippen LogP contribution in [0.5, 0.6) is 0 Å². The van der Waals surface area contributed by atoms with Crippen molar-refractivity contribution in [1.29, 1.82) is 0 Å². The zero-order chi connectivity index (χ0) is 20.3. The molecule has 0 aliphatic rings. The SMILES string of the molecule is COCc1c(C(=O)OCc2ccc(C(N)=O)cc2[N+](=O)[O-])oc2ccccc12. The fourth-order valence-electron chi connectivity index (χ4n) is 2.77. The van der Waals surface area contributed by atoms with Crippen molar-refractivity contribution in [3.05, 3.63) is 75.0 Å². The molecule has 2 N–H and O–H groups in total. The predicted molar refractivity (Wildman–Crippen MR) is 97.7 cm³/mol. The topological polar surface area (TPSA) is 135 Å². The van der Waals surface area contributed by atoms with Crippen molar-refractivity contribution in [2.45, 2.75) is 13.2 Å². The van der Waals surface area contributed by atoms with Crippen LogP contribution in [-0.4, -0.2) is 23.9 Å². The lowest BCUT2D eigenvalue weighted by atomic mass is 10.1. The highest BCUT2D eigenvalue weighted by molar-refractivity contribution is 5.96. The van der Waals surface area contributed by atoms with Crippen LogP contribution in [0.4, 0.5) is 5.69 Å². The number of ether oxygens (including phenoxy) is 2. The summed E-state index contributed by atoms with van der Waals surface area (Å²) in [5.41, 5.74) is 5.91. The van der Waals surface area contributed by atoms with Crippen molar-refractivity contribution in [2.24, 2.45) is 5.73 Å². The predicted octanol–water partition coefficient (Wildman–Crippen LogP) is 2.94. The van der Waals surface area contributed by atoms with E-state index in [-0.39, 0.29) is 35.8 Å². The van der Waals surface area contributed by atoms with Gasteiger partial charge in [0.15, 0.2) is 0 Å². The lowest BCUT2D eigenvalue weighted by molar-refractivity contribution is -0.385.